The lowest BCUT2D eigenvalue weighted by Crippen LogP contribution is -2.33. The number of rotatable bonds is 4. The van der Waals surface area contributed by atoms with Gasteiger partial charge in [-0.1, -0.05) is 0 Å². The molecule has 1 aromatic heterocycles. The van der Waals surface area contributed by atoms with Gasteiger partial charge in [-0.05, 0) is 50.3 Å². The van der Waals surface area contributed by atoms with E-state index in [0.717, 1.165) is 42.2 Å². The van der Waals surface area contributed by atoms with E-state index < -0.39 is 17.8 Å². The number of hydrogen-bond acceptors (Lipinski definition) is 8. The maximum atomic E-state index is 12.3. The molecule has 0 atom stereocenters. The van der Waals surface area contributed by atoms with Gasteiger partial charge in [-0.2, -0.15) is 5.10 Å². The Morgan fingerprint density at radius 2 is 1.87 bits per heavy atom. The number of aromatic hydroxyl groups is 2. The molecule has 0 bridgehead atoms. The van der Waals surface area contributed by atoms with Gasteiger partial charge in [0.2, 0.25) is 0 Å². The van der Waals surface area contributed by atoms with Gasteiger partial charge >= 0.3 is 17.8 Å². The zero-order valence-corrected chi connectivity index (χ0v) is 17.3. The topological polar surface area (TPSA) is 137 Å². The van der Waals surface area contributed by atoms with Crippen molar-refractivity contribution >= 4 is 39.8 Å². The number of amides is 2. The summed E-state index contributed by atoms with van der Waals surface area (Å²) in [5, 5.41) is 25.8. The van der Waals surface area contributed by atoms with Crippen molar-refractivity contribution in [2.75, 3.05) is 12.4 Å². The van der Waals surface area contributed by atoms with Gasteiger partial charge in [0, 0.05) is 16.5 Å². The second-order valence-corrected chi connectivity index (χ2v) is 7.81. The molecule has 0 saturated carbocycles. The molecule has 1 aliphatic carbocycles. The number of carbonyl (C=O) groups excluding carboxylic acids is 3. The smallest absolute Gasteiger partial charge is 0.341 e. The molecule has 0 fully saturated rings. The van der Waals surface area contributed by atoms with Crippen LogP contribution in [0.1, 0.15) is 46.1 Å². The molecule has 10 heteroatoms. The molecule has 0 unspecified atom stereocenters. The van der Waals surface area contributed by atoms with E-state index in [1.165, 1.54) is 37.5 Å². The molecular formula is C20H21N3O6S. The SMILES string of the molecule is COC(=O)c1c(NC(=O)C(=O)NN=C(C)c2ccc(O)cc2O)sc2c1CCCC2. The number of anilines is 1. The van der Waals surface area contributed by atoms with E-state index >= 15 is 0 Å². The number of hydrogen-bond donors (Lipinski definition) is 4. The van der Waals surface area contributed by atoms with Crippen molar-refractivity contribution in [1.29, 1.82) is 0 Å². The number of phenolic OH excluding ortho intramolecular Hbond substituents is 2. The average Bonchev–Trinajstić information content (AvgIpc) is 3.08. The lowest BCUT2D eigenvalue weighted by atomic mass is 9.95. The number of ether oxygens (including phenoxy) is 1. The average molecular weight is 431 g/mol. The van der Waals surface area contributed by atoms with Crippen LogP contribution in [0, 0.1) is 0 Å². The van der Waals surface area contributed by atoms with E-state index in [2.05, 4.69) is 15.8 Å². The van der Waals surface area contributed by atoms with Gasteiger partial charge < -0.3 is 20.3 Å². The summed E-state index contributed by atoms with van der Waals surface area (Å²) in [6.45, 7) is 1.52. The fourth-order valence-corrected chi connectivity index (χ4v) is 4.48. The molecule has 3 rings (SSSR count). The van der Waals surface area contributed by atoms with Crippen molar-refractivity contribution in [3.05, 3.63) is 39.8 Å². The molecule has 0 aliphatic heterocycles. The van der Waals surface area contributed by atoms with E-state index in [-0.39, 0.29) is 27.8 Å². The summed E-state index contributed by atoms with van der Waals surface area (Å²) < 4.78 is 4.84. The minimum absolute atomic E-state index is 0.118. The second kappa shape index (κ2) is 8.95. The Labute approximate surface area is 176 Å². The zero-order valence-electron chi connectivity index (χ0n) is 16.4. The van der Waals surface area contributed by atoms with Gasteiger partial charge in [0.1, 0.15) is 16.5 Å². The summed E-state index contributed by atoms with van der Waals surface area (Å²) in [4.78, 5) is 37.7. The van der Waals surface area contributed by atoms with Crippen LogP contribution in [0.5, 0.6) is 11.5 Å². The predicted octanol–water partition coefficient (Wildman–Crippen LogP) is 2.30. The van der Waals surface area contributed by atoms with Crippen LogP contribution in [0.4, 0.5) is 5.00 Å². The summed E-state index contributed by atoms with van der Waals surface area (Å²) in [7, 11) is 1.27. The van der Waals surface area contributed by atoms with Gasteiger partial charge in [0.05, 0.1) is 18.4 Å². The van der Waals surface area contributed by atoms with Crippen molar-refractivity contribution in [2.45, 2.75) is 32.6 Å². The van der Waals surface area contributed by atoms with Crippen LogP contribution in [0.25, 0.3) is 0 Å². The highest BCUT2D eigenvalue weighted by molar-refractivity contribution is 7.17. The molecular weight excluding hydrogens is 410 g/mol. The third-order valence-electron chi connectivity index (χ3n) is 4.69. The van der Waals surface area contributed by atoms with Crippen LogP contribution in [-0.4, -0.2) is 40.8 Å². The Balaban J connectivity index is 1.74. The van der Waals surface area contributed by atoms with Crippen molar-refractivity contribution in [2.24, 2.45) is 5.10 Å². The van der Waals surface area contributed by atoms with Gasteiger partial charge in [-0.25, -0.2) is 10.2 Å². The Bertz CT molecular complexity index is 1040. The molecule has 1 heterocycles. The second-order valence-electron chi connectivity index (χ2n) is 6.70. The first-order chi connectivity index (χ1) is 14.3. The van der Waals surface area contributed by atoms with Crippen LogP contribution in [-0.2, 0) is 27.2 Å². The molecule has 30 heavy (non-hydrogen) atoms. The summed E-state index contributed by atoms with van der Waals surface area (Å²) in [6, 6.07) is 3.92. The number of benzene rings is 1. The number of thiophene rings is 1. The molecule has 2 aromatic rings. The van der Waals surface area contributed by atoms with Gasteiger partial charge in [-0.15, -0.1) is 11.3 Å². The Hall–Kier alpha value is -3.40. The molecule has 0 saturated heterocycles. The highest BCUT2D eigenvalue weighted by Crippen LogP contribution is 2.38. The number of aryl methyl sites for hydroxylation is 1. The number of esters is 1. The number of carbonyl (C=O) groups is 3. The number of fused-ring (bicyclic) bond motifs is 1. The van der Waals surface area contributed by atoms with Gasteiger partial charge in [0.25, 0.3) is 0 Å². The number of phenols is 2. The third-order valence-corrected chi connectivity index (χ3v) is 5.90. The number of methoxy groups -OCH3 is 1. The monoisotopic (exact) mass is 431 g/mol. The van der Waals surface area contributed by atoms with Crippen LogP contribution >= 0.6 is 11.3 Å². The first kappa shape index (κ1) is 21.3. The number of hydrazone groups is 1. The zero-order chi connectivity index (χ0) is 21.8. The quantitative estimate of drug-likeness (QED) is 0.254. The highest BCUT2D eigenvalue weighted by Gasteiger charge is 2.28. The van der Waals surface area contributed by atoms with E-state index in [1.807, 2.05) is 0 Å². The first-order valence-electron chi connectivity index (χ1n) is 9.22. The largest absolute Gasteiger partial charge is 0.508 e. The minimum atomic E-state index is -1.03. The van der Waals surface area contributed by atoms with Crippen molar-refractivity contribution in [1.82, 2.24) is 5.43 Å². The summed E-state index contributed by atoms with van der Waals surface area (Å²) in [6.07, 6.45) is 3.48. The van der Waals surface area contributed by atoms with Crippen LogP contribution < -0.4 is 10.7 Å². The Kier molecular flexibility index (Phi) is 6.36. The third kappa shape index (κ3) is 4.43. The molecule has 1 aromatic carbocycles. The fraction of sp³-hybridized carbons (Fsp3) is 0.300. The minimum Gasteiger partial charge on any atom is -0.508 e. The number of nitrogens with zero attached hydrogens (tertiary/aromatic N) is 1. The van der Waals surface area contributed by atoms with E-state index in [1.54, 1.807) is 0 Å². The maximum absolute atomic E-state index is 12.3. The van der Waals surface area contributed by atoms with Gasteiger partial charge in [-0.3, -0.25) is 9.59 Å². The molecule has 9 nitrogen and oxygen atoms in total. The Morgan fingerprint density at radius 3 is 2.57 bits per heavy atom. The van der Waals surface area contributed by atoms with Crippen LogP contribution in [0.3, 0.4) is 0 Å². The molecule has 4 N–H and O–H groups in total. The normalized spacial score (nSPS) is 13.3. The van der Waals surface area contributed by atoms with Crippen molar-refractivity contribution < 1.29 is 29.3 Å². The van der Waals surface area contributed by atoms with Crippen LogP contribution in [0.15, 0.2) is 23.3 Å². The first-order valence-corrected chi connectivity index (χ1v) is 10.0. The highest BCUT2D eigenvalue weighted by atomic mass is 32.1. The standard InChI is InChI=1S/C20H21N3O6S/c1-10(12-8-7-11(24)9-14(12)25)22-23-18(27)17(26)21-19-16(20(28)29-2)13-5-3-4-6-15(13)30-19/h7-9,24-25H,3-6H2,1-2H3,(H,21,26)(H,23,27). The van der Waals surface area contributed by atoms with Crippen molar-refractivity contribution in [3.8, 4) is 11.5 Å². The predicted molar refractivity (Wildman–Crippen MR) is 111 cm³/mol. The van der Waals surface area contributed by atoms with E-state index in [9.17, 15) is 24.6 Å². The van der Waals surface area contributed by atoms with Crippen LogP contribution in [0.2, 0.25) is 0 Å². The van der Waals surface area contributed by atoms with Gasteiger partial charge in [0.15, 0.2) is 0 Å². The molecule has 0 spiro atoms. The van der Waals surface area contributed by atoms with E-state index in [4.69, 9.17) is 4.74 Å². The lowest BCUT2D eigenvalue weighted by molar-refractivity contribution is -0.136. The molecule has 0 radical (unpaired) electrons. The lowest BCUT2D eigenvalue weighted by Gasteiger charge is -2.11. The Morgan fingerprint density at radius 1 is 1.13 bits per heavy atom. The summed E-state index contributed by atoms with van der Waals surface area (Å²) in [5.74, 6) is -2.91. The molecule has 2 amide bonds. The van der Waals surface area contributed by atoms with E-state index in [0.29, 0.717) is 5.56 Å². The molecule has 1 aliphatic rings. The van der Waals surface area contributed by atoms with Crippen molar-refractivity contribution in [3.63, 3.8) is 0 Å². The maximum Gasteiger partial charge on any atom is 0.341 e. The fourth-order valence-electron chi connectivity index (χ4n) is 3.20. The number of nitrogens with one attached hydrogen (secondary N) is 2. The summed E-state index contributed by atoms with van der Waals surface area (Å²) >= 11 is 1.27. The summed E-state index contributed by atoms with van der Waals surface area (Å²) in [5.41, 5.74) is 3.80. The molecule has 158 valence electrons.